The maximum absolute atomic E-state index is 6.25. The zero-order valence-corrected chi connectivity index (χ0v) is 24.8. The molecule has 0 spiro atoms. The van der Waals surface area contributed by atoms with Crippen molar-refractivity contribution in [1.82, 2.24) is 0 Å². The van der Waals surface area contributed by atoms with Gasteiger partial charge in [0.15, 0.2) is 0 Å². The molecule has 1 heteroatoms. The first kappa shape index (κ1) is 25.7. The highest BCUT2D eigenvalue weighted by Gasteiger charge is 2.23. The van der Waals surface area contributed by atoms with Gasteiger partial charge in [0.25, 0.3) is 0 Å². The Morgan fingerprint density at radius 3 is 2.00 bits per heavy atom. The molecular formula is C42H28S. The van der Waals surface area contributed by atoms with Crippen LogP contribution in [0.4, 0.5) is 0 Å². The average molecular weight is 565 g/mol. The van der Waals surface area contributed by atoms with Crippen LogP contribution in [0, 0.1) is 12.3 Å². The molecule has 0 fully saturated rings. The highest BCUT2D eigenvalue weighted by molar-refractivity contribution is 7.80. The third kappa shape index (κ3) is 3.88. The summed E-state index contributed by atoms with van der Waals surface area (Å²) in [6.07, 6.45) is 11.4. The largest absolute Gasteiger partial charge is 0.143 e. The standard InChI is InChI=1S/C42H28S/c1-3-12-33-30(4-2)41-27(14-11-20-39(41)43)25-38(33)42-36-18-9-7-16-34(36)40(35-17-8-10-19-37(35)42)28-21-22-32-29(24-28)23-26-13-5-6-15-31(26)32/h2-3,5-22,24-25,43H,23H2,1H3/b12-3-. The molecule has 0 atom stereocenters. The number of rotatable bonds is 3. The minimum Gasteiger partial charge on any atom is -0.143 e. The predicted octanol–water partition coefficient (Wildman–Crippen LogP) is 11.4. The van der Waals surface area contributed by atoms with Crippen LogP contribution in [0.3, 0.4) is 0 Å². The smallest absolute Gasteiger partial charge is 0.0410 e. The van der Waals surface area contributed by atoms with Crippen molar-refractivity contribution in [3.05, 3.63) is 144 Å². The molecule has 202 valence electrons. The number of fused-ring (bicyclic) bond motifs is 6. The Kier molecular flexibility index (Phi) is 6.00. The van der Waals surface area contributed by atoms with E-state index in [1.165, 1.54) is 60.5 Å². The van der Waals surface area contributed by atoms with Crippen molar-refractivity contribution in [2.75, 3.05) is 0 Å². The fraction of sp³-hybridized carbons (Fsp3) is 0.0476. The van der Waals surface area contributed by atoms with E-state index in [0.29, 0.717) is 0 Å². The Bertz CT molecular complexity index is 2290. The fourth-order valence-corrected chi connectivity index (χ4v) is 7.51. The topological polar surface area (TPSA) is 0 Å². The number of hydrogen-bond acceptors (Lipinski definition) is 1. The highest BCUT2D eigenvalue weighted by Crippen LogP contribution is 2.47. The lowest BCUT2D eigenvalue weighted by Gasteiger charge is -2.21. The molecule has 7 aromatic rings. The van der Waals surface area contributed by atoms with Crippen molar-refractivity contribution in [1.29, 1.82) is 0 Å². The summed E-state index contributed by atoms with van der Waals surface area (Å²) in [6, 6.07) is 42.0. The van der Waals surface area contributed by atoms with Crippen molar-refractivity contribution < 1.29 is 0 Å². The number of terminal acetylenes is 1. The lowest BCUT2D eigenvalue weighted by Crippen LogP contribution is -1.96. The molecule has 0 amide bonds. The molecule has 0 saturated carbocycles. The minimum absolute atomic E-state index is 0.881. The molecule has 0 saturated heterocycles. The van der Waals surface area contributed by atoms with Gasteiger partial charge in [-0.2, -0.15) is 0 Å². The van der Waals surface area contributed by atoms with Gasteiger partial charge in [-0.15, -0.1) is 19.1 Å². The molecule has 43 heavy (non-hydrogen) atoms. The summed E-state index contributed by atoms with van der Waals surface area (Å²) in [5, 5.41) is 7.03. The van der Waals surface area contributed by atoms with E-state index < -0.39 is 0 Å². The second kappa shape index (κ2) is 10.1. The first-order valence-electron chi connectivity index (χ1n) is 14.7. The Labute approximate surface area is 257 Å². The van der Waals surface area contributed by atoms with E-state index >= 15 is 0 Å². The van der Waals surface area contributed by atoms with Crippen molar-refractivity contribution in [3.8, 4) is 45.7 Å². The van der Waals surface area contributed by atoms with Gasteiger partial charge in [0.1, 0.15) is 0 Å². The number of thiol groups is 1. The maximum atomic E-state index is 6.25. The molecule has 0 aliphatic heterocycles. The minimum atomic E-state index is 0.881. The second-order valence-electron chi connectivity index (χ2n) is 11.3. The summed E-state index contributed by atoms with van der Waals surface area (Å²) < 4.78 is 0. The summed E-state index contributed by atoms with van der Waals surface area (Å²) in [5.74, 6) is 3.04. The highest BCUT2D eigenvalue weighted by atomic mass is 32.1. The first-order chi connectivity index (χ1) is 21.2. The first-order valence-corrected chi connectivity index (χ1v) is 15.2. The molecule has 0 aromatic heterocycles. The predicted molar refractivity (Wildman–Crippen MR) is 188 cm³/mol. The van der Waals surface area contributed by atoms with Gasteiger partial charge in [0, 0.05) is 15.8 Å². The molecule has 0 radical (unpaired) electrons. The Morgan fingerprint density at radius 2 is 1.30 bits per heavy atom. The molecule has 1 aliphatic carbocycles. The molecule has 0 heterocycles. The van der Waals surface area contributed by atoms with Gasteiger partial charge in [-0.1, -0.05) is 121 Å². The molecule has 0 nitrogen and oxygen atoms in total. The van der Waals surface area contributed by atoms with Gasteiger partial charge in [-0.3, -0.25) is 0 Å². The van der Waals surface area contributed by atoms with Crippen molar-refractivity contribution in [2.45, 2.75) is 18.2 Å². The molecule has 7 aromatic carbocycles. The van der Waals surface area contributed by atoms with E-state index in [0.717, 1.165) is 38.8 Å². The molecule has 0 unspecified atom stereocenters. The Balaban J connectivity index is 1.48. The lowest BCUT2D eigenvalue weighted by molar-refractivity contribution is 1.26. The van der Waals surface area contributed by atoms with E-state index in [-0.39, 0.29) is 0 Å². The van der Waals surface area contributed by atoms with Crippen LogP contribution in [-0.4, -0.2) is 0 Å². The van der Waals surface area contributed by atoms with Crippen molar-refractivity contribution >= 4 is 51.0 Å². The van der Waals surface area contributed by atoms with Gasteiger partial charge in [0.2, 0.25) is 0 Å². The van der Waals surface area contributed by atoms with Crippen LogP contribution in [0.1, 0.15) is 29.2 Å². The van der Waals surface area contributed by atoms with Gasteiger partial charge >= 0.3 is 0 Å². The molecule has 1 aliphatic rings. The van der Waals surface area contributed by atoms with E-state index in [4.69, 9.17) is 19.1 Å². The van der Waals surface area contributed by atoms with Gasteiger partial charge in [0.05, 0.1) is 0 Å². The monoisotopic (exact) mass is 564 g/mol. The number of hydrogen-bond donors (Lipinski definition) is 1. The summed E-state index contributed by atoms with van der Waals surface area (Å²) in [7, 11) is 0. The normalized spacial score (nSPS) is 12.2. The third-order valence-corrected chi connectivity index (χ3v) is 9.32. The van der Waals surface area contributed by atoms with Crippen molar-refractivity contribution in [3.63, 3.8) is 0 Å². The Morgan fingerprint density at radius 1 is 0.651 bits per heavy atom. The van der Waals surface area contributed by atoms with E-state index in [1.807, 2.05) is 13.0 Å². The second-order valence-corrected chi connectivity index (χ2v) is 11.8. The maximum Gasteiger partial charge on any atom is 0.0410 e. The summed E-state index contributed by atoms with van der Waals surface area (Å²) in [5.41, 5.74) is 12.3. The summed E-state index contributed by atoms with van der Waals surface area (Å²) in [4.78, 5) is 0.895. The van der Waals surface area contributed by atoms with Gasteiger partial charge in [-0.05, 0) is 102 Å². The zero-order valence-electron chi connectivity index (χ0n) is 23.9. The number of allylic oxidation sites excluding steroid dienone is 1. The van der Waals surface area contributed by atoms with Crippen LogP contribution < -0.4 is 0 Å². The lowest BCUT2D eigenvalue weighted by atomic mass is 9.82. The van der Waals surface area contributed by atoms with Gasteiger partial charge in [-0.25, -0.2) is 0 Å². The summed E-state index contributed by atoms with van der Waals surface area (Å²) in [6.45, 7) is 2.05. The quantitative estimate of drug-likeness (QED) is 0.123. The molecular weight excluding hydrogens is 537 g/mol. The number of benzene rings is 7. The van der Waals surface area contributed by atoms with Crippen LogP contribution >= 0.6 is 12.6 Å². The Hall–Kier alpha value is -5.03. The third-order valence-electron chi connectivity index (χ3n) is 8.94. The van der Waals surface area contributed by atoms with Crippen LogP contribution in [0.5, 0.6) is 0 Å². The van der Waals surface area contributed by atoms with Crippen LogP contribution in [0.25, 0.3) is 71.8 Å². The van der Waals surface area contributed by atoms with E-state index in [1.54, 1.807) is 0 Å². The molecule has 8 rings (SSSR count). The van der Waals surface area contributed by atoms with Crippen molar-refractivity contribution in [2.24, 2.45) is 0 Å². The van der Waals surface area contributed by atoms with Crippen LogP contribution in [-0.2, 0) is 6.42 Å². The summed E-state index contributed by atoms with van der Waals surface area (Å²) >= 11 is 4.81. The average Bonchev–Trinajstić information content (AvgIpc) is 3.41. The van der Waals surface area contributed by atoms with E-state index in [9.17, 15) is 0 Å². The zero-order chi connectivity index (χ0) is 29.1. The SMILES string of the molecule is C#Cc1c(/C=C\C)c(-c2c3ccccc3c(-c3ccc4c(c3)Cc3ccccc3-4)c3ccccc23)cc2cccc(S)c12. The van der Waals surface area contributed by atoms with Crippen LogP contribution in [0.15, 0.2) is 126 Å². The molecule has 0 N–H and O–H groups in total. The molecule has 0 bridgehead atoms. The van der Waals surface area contributed by atoms with Crippen LogP contribution in [0.2, 0.25) is 0 Å². The van der Waals surface area contributed by atoms with E-state index in [2.05, 4.69) is 127 Å². The van der Waals surface area contributed by atoms with Gasteiger partial charge < -0.3 is 0 Å². The fourth-order valence-electron chi connectivity index (χ4n) is 7.18.